The van der Waals surface area contributed by atoms with Crippen molar-refractivity contribution in [1.82, 2.24) is 4.98 Å². The first-order chi connectivity index (χ1) is 14.7. The molecule has 0 aliphatic rings. The van der Waals surface area contributed by atoms with Crippen LogP contribution in [0.25, 0.3) is 4.85 Å². The third-order valence-electron chi connectivity index (χ3n) is 4.64. The van der Waals surface area contributed by atoms with Gasteiger partial charge in [0.05, 0.1) is 12.3 Å². The van der Waals surface area contributed by atoms with Crippen molar-refractivity contribution in [1.29, 1.82) is 0 Å². The number of carbonyl (C=O) groups excluding carboxylic acids is 1. The van der Waals surface area contributed by atoms with Crippen molar-refractivity contribution in [3.8, 4) is 0 Å². The molecule has 0 saturated heterocycles. The molecule has 0 aliphatic heterocycles. The predicted molar refractivity (Wildman–Crippen MR) is 119 cm³/mol. The van der Waals surface area contributed by atoms with E-state index >= 15 is 0 Å². The summed E-state index contributed by atoms with van der Waals surface area (Å²) in [7, 11) is -3.78. The molecular formula is C22H19N3O4S2. The number of nitrogens with zero attached hydrogens (tertiary/aromatic N) is 3. The molecule has 1 aromatic heterocycles. The van der Waals surface area contributed by atoms with Crippen LogP contribution in [0, 0.1) is 6.57 Å². The fourth-order valence-corrected chi connectivity index (χ4v) is 4.50. The molecule has 2 aromatic carbocycles. The van der Waals surface area contributed by atoms with Crippen molar-refractivity contribution in [2.45, 2.75) is 16.3 Å². The lowest BCUT2D eigenvalue weighted by Gasteiger charge is -2.19. The molecule has 158 valence electrons. The van der Waals surface area contributed by atoms with Crippen molar-refractivity contribution in [2.24, 2.45) is 0 Å². The Hall–Kier alpha value is -3.35. The highest BCUT2D eigenvalue weighted by Gasteiger charge is 2.24. The van der Waals surface area contributed by atoms with Crippen LogP contribution in [0.4, 0.5) is 11.4 Å². The van der Waals surface area contributed by atoms with E-state index < -0.39 is 20.8 Å². The maximum atomic E-state index is 13.0. The Morgan fingerprint density at radius 3 is 2.32 bits per heavy atom. The van der Waals surface area contributed by atoms with Crippen LogP contribution in [0.3, 0.4) is 0 Å². The lowest BCUT2D eigenvalue weighted by atomic mass is 10.0. The lowest BCUT2D eigenvalue weighted by Crippen LogP contribution is -2.27. The monoisotopic (exact) mass is 453 g/mol. The van der Waals surface area contributed by atoms with Crippen LogP contribution in [-0.4, -0.2) is 36.7 Å². The molecule has 3 rings (SSSR count). The summed E-state index contributed by atoms with van der Waals surface area (Å²) in [5, 5.41) is -0.243. The molecule has 0 aliphatic carbocycles. The number of aromatic nitrogens is 1. The molecule has 9 heteroatoms. The number of hydrogen-bond acceptors (Lipinski definition) is 5. The molecule has 1 atom stereocenters. The topological polar surface area (TPSA) is 88.8 Å². The van der Waals surface area contributed by atoms with Crippen LogP contribution in [-0.2, 0) is 27.2 Å². The summed E-state index contributed by atoms with van der Waals surface area (Å²) in [6.45, 7) is 6.97. The second-order valence-electron chi connectivity index (χ2n) is 6.68. The second-order valence-corrected chi connectivity index (χ2v) is 9.98. The summed E-state index contributed by atoms with van der Waals surface area (Å²) in [5.74, 6) is -0.258. The molecule has 3 aromatic rings. The van der Waals surface area contributed by atoms with Crippen LogP contribution in [0.5, 0.6) is 0 Å². The van der Waals surface area contributed by atoms with E-state index in [0.717, 1.165) is 9.87 Å². The number of ketones is 1. The standard InChI is InChI=1S/C22H19N3O4S2/c1-23-18-6-4-16(5-7-18)14-21(26)17-12-13-24-22(15-17)31(28,29)25(2)19-8-10-20(11-9-19)30(3)27/h4-13,15H,14H2,2-3H3. The minimum Gasteiger partial charge on any atom is -0.294 e. The van der Waals surface area contributed by atoms with Gasteiger partial charge in [-0.25, -0.2) is 9.83 Å². The number of anilines is 1. The van der Waals surface area contributed by atoms with Crippen LogP contribution in [0.1, 0.15) is 15.9 Å². The highest BCUT2D eigenvalue weighted by atomic mass is 32.2. The molecule has 0 radical (unpaired) electrons. The molecule has 1 heterocycles. The van der Waals surface area contributed by atoms with Gasteiger partial charge in [0.15, 0.2) is 16.5 Å². The summed E-state index contributed by atoms with van der Waals surface area (Å²) >= 11 is 0. The normalized spacial score (nSPS) is 12.0. The number of sulfonamides is 1. The minimum atomic E-state index is -4.00. The number of benzene rings is 2. The maximum Gasteiger partial charge on any atom is 0.281 e. The first-order valence-corrected chi connectivity index (χ1v) is 12.1. The highest BCUT2D eigenvalue weighted by molar-refractivity contribution is 7.92. The maximum absolute atomic E-state index is 13.0. The molecule has 0 N–H and O–H groups in total. The van der Waals surface area contributed by atoms with E-state index in [-0.39, 0.29) is 22.8 Å². The van der Waals surface area contributed by atoms with Crippen molar-refractivity contribution < 1.29 is 17.4 Å². The van der Waals surface area contributed by atoms with Crippen molar-refractivity contribution >= 4 is 38.0 Å². The minimum absolute atomic E-state index is 0.0766. The summed E-state index contributed by atoms with van der Waals surface area (Å²) in [6.07, 6.45) is 2.91. The molecule has 0 amide bonds. The van der Waals surface area contributed by atoms with E-state index in [2.05, 4.69) is 9.83 Å². The lowest BCUT2D eigenvalue weighted by molar-refractivity contribution is 0.0992. The Bertz CT molecular complexity index is 1280. The molecule has 0 fully saturated rings. The van der Waals surface area contributed by atoms with Gasteiger partial charge in [-0.3, -0.25) is 13.3 Å². The zero-order valence-corrected chi connectivity index (χ0v) is 18.5. The largest absolute Gasteiger partial charge is 0.294 e. The van der Waals surface area contributed by atoms with Gasteiger partial charge < -0.3 is 0 Å². The van der Waals surface area contributed by atoms with Crippen LogP contribution in [0.15, 0.2) is 76.8 Å². The number of rotatable bonds is 7. The van der Waals surface area contributed by atoms with Crippen LogP contribution in [0.2, 0.25) is 0 Å². The number of carbonyl (C=O) groups is 1. The predicted octanol–water partition coefficient (Wildman–Crippen LogP) is 3.62. The van der Waals surface area contributed by atoms with Gasteiger partial charge in [-0.05, 0) is 42.0 Å². The quantitative estimate of drug-likeness (QED) is 0.403. The van der Waals surface area contributed by atoms with Gasteiger partial charge in [0.25, 0.3) is 10.0 Å². The van der Waals surface area contributed by atoms with E-state index in [1.807, 2.05) is 0 Å². The Morgan fingerprint density at radius 2 is 1.74 bits per heavy atom. The summed E-state index contributed by atoms with van der Waals surface area (Å²) in [4.78, 5) is 20.5. The average molecular weight is 454 g/mol. The van der Waals surface area contributed by atoms with E-state index in [4.69, 9.17) is 6.57 Å². The van der Waals surface area contributed by atoms with Crippen molar-refractivity contribution in [3.05, 3.63) is 89.4 Å². The van der Waals surface area contributed by atoms with E-state index in [1.165, 1.54) is 25.4 Å². The van der Waals surface area contributed by atoms with Gasteiger partial charge >= 0.3 is 0 Å². The Labute approximate surface area is 183 Å². The summed E-state index contributed by atoms with van der Waals surface area (Å²) in [6, 6.07) is 15.7. The molecule has 0 saturated carbocycles. The van der Waals surface area contributed by atoms with E-state index in [9.17, 15) is 17.4 Å². The van der Waals surface area contributed by atoms with Crippen molar-refractivity contribution in [3.63, 3.8) is 0 Å². The van der Waals surface area contributed by atoms with Gasteiger partial charge in [-0.1, -0.05) is 24.3 Å². The van der Waals surface area contributed by atoms with Crippen LogP contribution >= 0.6 is 0 Å². The number of pyridine rings is 1. The van der Waals surface area contributed by atoms with Gasteiger partial charge in [0.1, 0.15) is 0 Å². The fourth-order valence-electron chi connectivity index (χ4n) is 2.83. The average Bonchev–Trinajstić information content (AvgIpc) is 2.79. The Kier molecular flexibility index (Phi) is 6.63. The third-order valence-corrected chi connectivity index (χ3v) is 7.26. The van der Waals surface area contributed by atoms with E-state index in [1.54, 1.807) is 54.8 Å². The first-order valence-electron chi connectivity index (χ1n) is 9.10. The first kappa shape index (κ1) is 22.3. The SMILES string of the molecule is [C-]#[N+]c1ccc(CC(=O)c2ccnc(S(=O)(=O)N(C)c3ccc(S(C)=O)cc3)c2)cc1. The fraction of sp³-hybridized carbons (Fsp3) is 0.136. The van der Waals surface area contributed by atoms with Gasteiger partial charge in [0, 0.05) is 47.2 Å². The van der Waals surface area contributed by atoms with Gasteiger partial charge in [0.2, 0.25) is 0 Å². The van der Waals surface area contributed by atoms with Crippen molar-refractivity contribution in [2.75, 3.05) is 17.6 Å². The van der Waals surface area contributed by atoms with Crippen LogP contribution < -0.4 is 4.31 Å². The third kappa shape index (κ3) is 5.05. The molecule has 1 unspecified atom stereocenters. The zero-order chi connectivity index (χ0) is 22.6. The molecular weight excluding hydrogens is 434 g/mol. The second kappa shape index (κ2) is 9.20. The number of Topliss-reactive ketones (excluding diaryl/α,β-unsaturated/α-hetero) is 1. The molecule has 0 bridgehead atoms. The Morgan fingerprint density at radius 1 is 1.10 bits per heavy atom. The Balaban J connectivity index is 1.83. The zero-order valence-electron chi connectivity index (χ0n) is 16.8. The van der Waals surface area contributed by atoms with E-state index in [0.29, 0.717) is 16.3 Å². The smallest absolute Gasteiger partial charge is 0.281 e. The molecule has 0 spiro atoms. The molecule has 31 heavy (non-hydrogen) atoms. The molecule has 7 nitrogen and oxygen atoms in total. The van der Waals surface area contributed by atoms with Gasteiger partial charge in [-0.2, -0.15) is 8.42 Å². The number of hydrogen-bond donors (Lipinski definition) is 0. The summed E-state index contributed by atoms with van der Waals surface area (Å²) in [5.41, 5.74) is 1.82. The van der Waals surface area contributed by atoms with Gasteiger partial charge in [-0.15, -0.1) is 0 Å². The highest BCUT2D eigenvalue weighted by Crippen LogP contribution is 2.23. The summed E-state index contributed by atoms with van der Waals surface area (Å²) < 4.78 is 38.6.